The van der Waals surface area contributed by atoms with Gasteiger partial charge in [-0.3, -0.25) is 19.1 Å². The van der Waals surface area contributed by atoms with Gasteiger partial charge in [0.25, 0.3) is 0 Å². The lowest BCUT2D eigenvalue weighted by molar-refractivity contribution is -0.130. The standard InChI is InChI=1S/C22H31N5O3S/c1-22(2,3)24-19(28)15-25-10-12-26(13-11-25)20(29)16-31-21-23-8-9-27(21)17-6-5-7-18(14-17)30-4/h5-9,14H,10-13,15-16H2,1-4H3,(H,24,28). The number of hydrogen-bond acceptors (Lipinski definition) is 6. The van der Waals surface area contributed by atoms with Crippen LogP contribution in [0.4, 0.5) is 0 Å². The molecule has 2 heterocycles. The summed E-state index contributed by atoms with van der Waals surface area (Å²) in [6.45, 7) is 8.94. The summed E-state index contributed by atoms with van der Waals surface area (Å²) in [6.07, 6.45) is 3.61. The Hall–Kier alpha value is -2.52. The van der Waals surface area contributed by atoms with Crippen molar-refractivity contribution < 1.29 is 14.3 Å². The minimum absolute atomic E-state index is 0.0206. The van der Waals surface area contributed by atoms with E-state index in [0.29, 0.717) is 38.5 Å². The molecule has 1 aliphatic heterocycles. The van der Waals surface area contributed by atoms with Crippen LogP contribution >= 0.6 is 11.8 Å². The number of ether oxygens (including phenoxy) is 1. The van der Waals surface area contributed by atoms with Crippen LogP contribution in [0.1, 0.15) is 20.8 Å². The third kappa shape index (κ3) is 6.73. The van der Waals surface area contributed by atoms with Crippen LogP contribution in [0.2, 0.25) is 0 Å². The number of imidazole rings is 1. The quantitative estimate of drug-likeness (QED) is 0.657. The van der Waals surface area contributed by atoms with Gasteiger partial charge < -0.3 is 15.0 Å². The van der Waals surface area contributed by atoms with Gasteiger partial charge in [-0.15, -0.1) is 0 Å². The van der Waals surface area contributed by atoms with E-state index in [1.54, 1.807) is 13.3 Å². The molecule has 0 atom stereocenters. The van der Waals surface area contributed by atoms with Gasteiger partial charge in [-0.1, -0.05) is 17.8 Å². The van der Waals surface area contributed by atoms with Crippen LogP contribution in [0, 0.1) is 0 Å². The molecule has 1 fully saturated rings. The number of piperazine rings is 1. The predicted molar refractivity (Wildman–Crippen MR) is 122 cm³/mol. The lowest BCUT2D eigenvalue weighted by Crippen LogP contribution is -2.53. The molecule has 3 rings (SSSR count). The van der Waals surface area contributed by atoms with Crippen LogP contribution in [-0.4, -0.2) is 82.3 Å². The highest BCUT2D eigenvalue weighted by Gasteiger charge is 2.24. The fourth-order valence-electron chi connectivity index (χ4n) is 3.39. The van der Waals surface area contributed by atoms with E-state index in [-0.39, 0.29) is 17.4 Å². The van der Waals surface area contributed by atoms with E-state index in [1.807, 2.05) is 60.7 Å². The Bertz CT molecular complexity index is 901. The SMILES string of the molecule is COc1cccc(-n2ccnc2SCC(=O)N2CCN(CC(=O)NC(C)(C)C)CC2)c1. The number of carbonyl (C=O) groups excluding carboxylic acids is 2. The highest BCUT2D eigenvalue weighted by atomic mass is 32.2. The minimum atomic E-state index is -0.233. The van der Waals surface area contributed by atoms with Gasteiger partial charge in [0.1, 0.15) is 5.75 Å². The van der Waals surface area contributed by atoms with Crippen molar-refractivity contribution in [3.05, 3.63) is 36.7 Å². The number of hydrogen-bond donors (Lipinski definition) is 1. The Kier molecular flexibility index (Phi) is 7.61. The zero-order valence-electron chi connectivity index (χ0n) is 18.6. The van der Waals surface area contributed by atoms with E-state index in [0.717, 1.165) is 16.6 Å². The Morgan fingerprint density at radius 1 is 1.19 bits per heavy atom. The second-order valence-electron chi connectivity index (χ2n) is 8.53. The van der Waals surface area contributed by atoms with Crippen molar-refractivity contribution in [3.8, 4) is 11.4 Å². The maximum absolute atomic E-state index is 12.7. The van der Waals surface area contributed by atoms with Gasteiger partial charge >= 0.3 is 0 Å². The first kappa shape index (κ1) is 23.1. The van der Waals surface area contributed by atoms with Crippen molar-refractivity contribution >= 4 is 23.6 Å². The average Bonchev–Trinajstić information content (AvgIpc) is 3.20. The normalized spacial score (nSPS) is 15.0. The Labute approximate surface area is 187 Å². The molecule has 8 nitrogen and oxygen atoms in total. The lowest BCUT2D eigenvalue weighted by atomic mass is 10.1. The molecular formula is C22H31N5O3S. The van der Waals surface area contributed by atoms with E-state index < -0.39 is 0 Å². The van der Waals surface area contributed by atoms with Crippen molar-refractivity contribution in [1.82, 2.24) is 24.7 Å². The van der Waals surface area contributed by atoms with Gasteiger partial charge in [0.2, 0.25) is 11.8 Å². The van der Waals surface area contributed by atoms with Crippen LogP contribution < -0.4 is 10.1 Å². The molecule has 1 aromatic heterocycles. The largest absolute Gasteiger partial charge is 0.497 e. The molecule has 1 aliphatic rings. The molecule has 0 saturated carbocycles. The molecule has 1 aromatic carbocycles. The van der Waals surface area contributed by atoms with Gasteiger partial charge in [-0.05, 0) is 32.9 Å². The summed E-state index contributed by atoms with van der Waals surface area (Å²) in [5, 5.41) is 3.74. The van der Waals surface area contributed by atoms with E-state index in [9.17, 15) is 9.59 Å². The molecule has 1 saturated heterocycles. The summed E-state index contributed by atoms with van der Waals surface area (Å²) in [5.41, 5.74) is 0.705. The molecule has 2 aromatic rings. The molecule has 0 unspecified atom stereocenters. The maximum Gasteiger partial charge on any atom is 0.234 e. The summed E-state index contributed by atoms with van der Waals surface area (Å²) in [5.74, 6) is 1.20. The first-order chi connectivity index (χ1) is 14.7. The topological polar surface area (TPSA) is 79.7 Å². The smallest absolute Gasteiger partial charge is 0.234 e. The Morgan fingerprint density at radius 2 is 1.94 bits per heavy atom. The first-order valence-electron chi connectivity index (χ1n) is 10.4. The summed E-state index contributed by atoms with van der Waals surface area (Å²) >= 11 is 1.42. The van der Waals surface area contributed by atoms with Crippen LogP contribution in [0.15, 0.2) is 41.8 Å². The number of rotatable bonds is 7. The van der Waals surface area contributed by atoms with Gasteiger partial charge in [-0.25, -0.2) is 4.98 Å². The van der Waals surface area contributed by atoms with Crippen LogP contribution in [0.5, 0.6) is 5.75 Å². The predicted octanol–water partition coefficient (Wildman–Crippen LogP) is 2.03. The maximum atomic E-state index is 12.7. The molecule has 31 heavy (non-hydrogen) atoms. The number of aromatic nitrogens is 2. The van der Waals surface area contributed by atoms with Crippen molar-refractivity contribution in [2.24, 2.45) is 0 Å². The zero-order chi connectivity index (χ0) is 22.4. The van der Waals surface area contributed by atoms with Crippen molar-refractivity contribution in [2.75, 3.05) is 45.6 Å². The van der Waals surface area contributed by atoms with E-state index >= 15 is 0 Å². The highest BCUT2D eigenvalue weighted by molar-refractivity contribution is 7.99. The van der Waals surface area contributed by atoms with E-state index in [2.05, 4.69) is 15.2 Å². The molecule has 0 radical (unpaired) electrons. The van der Waals surface area contributed by atoms with Crippen molar-refractivity contribution in [3.63, 3.8) is 0 Å². The van der Waals surface area contributed by atoms with E-state index in [4.69, 9.17) is 4.74 Å². The second kappa shape index (κ2) is 10.2. The first-order valence-corrected chi connectivity index (χ1v) is 11.4. The van der Waals surface area contributed by atoms with E-state index in [1.165, 1.54) is 11.8 Å². The average molecular weight is 446 g/mol. The molecule has 9 heteroatoms. The Balaban J connectivity index is 1.48. The number of carbonyl (C=O) groups is 2. The third-order valence-corrected chi connectivity index (χ3v) is 5.82. The summed E-state index contributed by atoms with van der Waals surface area (Å²) in [6, 6.07) is 7.73. The molecule has 0 bridgehead atoms. The number of nitrogens with one attached hydrogen (secondary N) is 1. The fourth-order valence-corrected chi connectivity index (χ4v) is 4.26. The number of thioether (sulfide) groups is 1. The second-order valence-corrected chi connectivity index (χ2v) is 9.47. The minimum Gasteiger partial charge on any atom is -0.497 e. The molecule has 1 N–H and O–H groups in total. The summed E-state index contributed by atoms with van der Waals surface area (Å²) in [4.78, 5) is 33.2. The van der Waals surface area contributed by atoms with Crippen LogP contribution in [0.25, 0.3) is 5.69 Å². The fraction of sp³-hybridized carbons (Fsp3) is 0.500. The molecule has 168 valence electrons. The van der Waals surface area contributed by atoms with Gasteiger partial charge in [0, 0.05) is 50.2 Å². The number of benzene rings is 1. The monoisotopic (exact) mass is 445 g/mol. The third-order valence-electron chi connectivity index (χ3n) is 4.87. The van der Waals surface area contributed by atoms with Gasteiger partial charge in [0.15, 0.2) is 5.16 Å². The molecule has 0 aliphatic carbocycles. The van der Waals surface area contributed by atoms with Crippen molar-refractivity contribution in [2.45, 2.75) is 31.5 Å². The van der Waals surface area contributed by atoms with Gasteiger partial charge in [0.05, 0.1) is 25.1 Å². The molecule has 2 amide bonds. The van der Waals surface area contributed by atoms with Crippen LogP contribution in [-0.2, 0) is 9.59 Å². The zero-order valence-corrected chi connectivity index (χ0v) is 19.4. The molecule has 0 spiro atoms. The van der Waals surface area contributed by atoms with Gasteiger partial charge in [-0.2, -0.15) is 0 Å². The highest BCUT2D eigenvalue weighted by Crippen LogP contribution is 2.23. The number of methoxy groups -OCH3 is 1. The van der Waals surface area contributed by atoms with Crippen molar-refractivity contribution in [1.29, 1.82) is 0 Å². The van der Waals surface area contributed by atoms with Crippen LogP contribution in [0.3, 0.4) is 0 Å². The summed E-state index contributed by atoms with van der Waals surface area (Å²) in [7, 11) is 1.64. The number of nitrogens with zero attached hydrogens (tertiary/aromatic N) is 4. The molecular weight excluding hydrogens is 414 g/mol. The summed E-state index contributed by atoms with van der Waals surface area (Å²) < 4.78 is 7.25. The lowest BCUT2D eigenvalue weighted by Gasteiger charge is -2.34. The number of amides is 2. The Morgan fingerprint density at radius 3 is 2.61 bits per heavy atom.